The lowest BCUT2D eigenvalue weighted by molar-refractivity contribution is -0.117. The van der Waals surface area contributed by atoms with Crippen molar-refractivity contribution < 1.29 is 19.1 Å². The first-order valence-electron chi connectivity index (χ1n) is 11.0. The number of phenols is 1. The van der Waals surface area contributed by atoms with E-state index in [-0.39, 0.29) is 17.5 Å². The second kappa shape index (κ2) is 10.4. The number of carbonyl (C=O) groups is 1. The Morgan fingerprint density at radius 2 is 1.85 bits per heavy atom. The van der Waals surface area contributed by atoms with Crippen LogP contribution in [0, 0.1) is 0 Å². The van der Waals surface area contributed by atoms with Crippen molar-refractivity contribution in [3.05, 3.63) is 83.4 Å². The Kier molecular flexibility index (Phi) is 7.18. The van der Waals surface area contributed by atoms with Gasteiger partial charge in [-0.1, -0.05) is 61.3 Å². The number of anilines is 1. The molecule has 1 amide bonds. The van der Waals surface area contributed by atoms with Crippen molar-refractivity contribution in [2.24, 2.45) is 0 Å². The summed E-state index contributed by atoms with van der Waals surface area (Å²) in [7, 11) is 1.59. The Morgan fingerprint density at radius 1 is 1.09 bits per heavy atom. The first-order chi connectivity index (χ1) is 16.5. The topological polar surface area (TPSA) is 84.6 Å². The highest BCUT2D eigenvalue weighted by atomic mass is 35.5. The third-order valence-electron chi connectivity index (χ3n) is 5.49. The minimum absolute atomic E-state index is 0.0170. The van der Waals surface area contributed by atoms with Gasteiger partial charge in [-0.25, -0.2) is 4.98 Å². The van der Waals surface area contributed by atoms with E-state index < -0.39 is 5.92 Å². The highest BCUT2D eigenvalue weighted by Gasteiger charge is 2.26. The average molecular weight is 477 g/mol. The molecule has 6 nitrogen and oxygen atoms in total. The monoisotopic (exact) mass is 476 g/mol. The maximum atomic E-state index is 13.4. The van der Waals surface area contributed by atoms with Gasteiger partial charge in [0.25, 0.3) is 0 Å². The molecule has 0 aliphatic rings. The van der Waals surface area contributed by atoms with E-state index >= 15 is 0 Å². The van der Waals surface area contributed by atoms with Crippen LogP contribution >= 0.6 is 11.6 Å². The van der Waals surface area contributed by atoms with Gasteiger partial charge in [0.2, 0.25) is 17.7 Å². The lowest BCUT2D eigenvalue weighted by Gasteiger charge is -2.17. The van der Waals surface area contributed by atoms with Gasteiger partial charge in [0.1, 0.15) is 17.2 Å². The number of ether oxygens (including phenoxy) is 1. The molecule has 0 radical (unpaired) electrons. The van der Waals surface area contributed by atoms with Gasteiger partial charge in [-0.15, -0.1) is 0 Å². The van der Waals surface area contributed by atoms with Crippen LogP contribution in [0.5, 0.6) is 11.5 Å². The van der Waals surface area contributed by atoms with E-state index in [1.165, 1.54) is 6.07 Å². The zero-order valence-corrected chi connectivity index (χ0v) is 19.7. The fraction of sp³-hybridized carbons (Fsp3) is 0.185. The molecule has 1 atom stereocenters. The third kappa shape index (κ3) is 5.07. The number of rotatable bonds is 8. The van der Waals surface area contributed by atoms with Gasteiger partial charge < -0.3 is 14.3 Å². The maximum Gasteiger partial charge on any atom is 0.234 e. The predicted molar refractivity (Wildman–Crippen MR) is 133 cm³/mol. The van der Waals surface area contributed by atoms with Crippen molar-refractivity contribution in [1.82, 2.24) is 4.98 Å². The first kappa shape index (κ1) is 23.4. The SMILES string of the molecule is CCCC(C(=O)Nc1oc(-c2ccccc2)nc1-c1cccc(OC)c1)c1ccc(Cl)cc1O. The molecule has 2 N–H and O–H groups in total. The maximum absolute atomic E-state index is 13.4. The number of phenolic OH excluding ortho intramolecular Hbond substituents is 1. The lowest BCUT2D eigenvalue weighted by atomic mass is 9.92. The minimum Gasteiger partial charge on any atom is -0.508 e. The summed E-state index contributed by atoms with van der Waals surface area (Å²) in [5.41, 5.74) is 2.52. The van der Waals surface area contributed by atoms with Gasteiger partial charge in [0.05, 0.1) is 13.0 Å². The minimum atomic E-state index is -0.592. The van der Waals surface area contributed by atoms with Gasteiger partial charge >= 0.3 is 0 Å². The first-order valence-corrected chi connectivity index (χ1v) is 11.4. The second-order valence-electron chi connectivity index (χ2n) is 7.83. The Labute approximate surface area is 203 Å². The molecule has 0 aliphatic carbocycles. The summed E-state index contributed by atoms with van der Waals surface area (Å²) in [6, 6.07) is 21.6. The van der Waals surface area contributed by atoms with Crippen molar-refractivity contribution in [1.29, 1.82) is 0 Å². The zero-order chi connectivity index (χ0) is 24.1. The zero-order valence-electron chi connectivity index (χ0n) is 18.9. The number of aromatic hydroxyl groups is 1. The predicted octanol–water partition coefficient (Wildman–Crippen LogP) is 6.90. The van der Waals surface area contributed by atoms with Crippen LogP contribution in [0.1, 0.15) is 31.2 Å². The van der Waals surface area contributed by atoms with Crippen LogP contribution in [0.25, 0.3) is 22.7 Å². The molecule has 7 heteroatoms. The van der Waals surface area contributed by atoms with Crippen LogP contribution in [0.15, 0.2) is 77.2 Å². The van der Waals surface area contributed by atoms with Crippen LogP contribution in [0.2, 0.25) is 5.02 Å². The average Bonchev–Trinajstić information content (AvgIpc) is 3.27. The summed E-state index contributed by atoms with van der Waals surface area (Å²) in [4.78, 5) is 18.1. The number of aromatic nitrogens is 1. The molecule has 3 aromatic carbocycles. The number of hydrogen-bond donors (Lipinski definition) is 2. The molecule has 34 heavy (non-hydrogen) atoms. The highest BCUT2D eigenvalue weighted by molar-refractivity contribution is 6.30. The Bertz CT molecular complexity index is 1290. The molecule has 174 valence electrons. The number of hydrogen-bond acceptors (Lipinski definition) is 5. The largest absolute Gasteiger partial charge is 0.508 e. The number of oxazole rings is 1. The Morgan fingerprint density at radius 3 is 2.56 bits per heavy atom. The Balaban J connectivity index is 1.74. The molecule has 0 aliphatic heterocycles. The molecule has 0 fully saturated rings. The molecule has 1 aromatic heterocycles. The van der Waals surface area contributed by atoms with Crippen LogP contribution in [-0.4, -0.2) is 23.1 Å². The van der Waals surface area contributed by atoms with Crippen molar-refractivity contribution >= 4 is 23.4 Å². The standard InChI is InChI=1S/C27H25ClN2O4/c1-3-8-22(21-14-13-19(28)16-23(21)31)25(32)30-27-24(18-11-7-12-20(15-18)33-2)29-26(34-27)17-9-5-4-6-10-17/h4-7,9-16,22,31H,3,8H2,1-2H3,(H,30,32). The lowest BCUT2D eigenvalue weighted by Crippen LogP contribution is -2.21. The summed E-state index contributed by atoms with van der Waals surface area (Å²) >= 11 is 5.99. The van der Waals surface area contributed by atoms with Gasteiger partial charge in [-0.3, -0.25) is 10.1 Å². The third-order valence-corrected chi connectivity index (χ3v) is 5.72. The smallest absolute Gasteiger partial charge is 0.234 e. The van der Waals surface area contributed by atoms with Gasteiger partial charge in [-0.2, -0.15) is 0 Å². The number of nitrogens with one attached hydrogen (secondary N) is 1. The summed E-state index contributed by atoms with van der Waals surface area (Å²) in [6.45, 7) is 1.98. The van der Waals surface area contributed by atoms with E-state index in [1.807, 2.05) is 61.5 Å². The molecule has 1 unspecified atom stereocenters. The number of benzene rings is 3. The van der Waals surface area contributed by atoms with E-state index in [4.69, 9.17) is 20.8 Å². The second-order valence-corrected chi connectivity index (χ2v) is 8.26. The molecule has 0 saturated heterocycles. The van der Waals surface area contributed by atoms with E-state index in [2.05, 4.69) is 10.3 Å². The van der Waals surface area contributed by atoms with Gasteiger partial charge in [0.15, 0.2) is 0 Å². The number of amides is 1. The summed E-state index contributed by atoms with van der Waals surface area (Å²) < 4.78 is 11.4. The number of carbonyl (C=O) groups excluding carboxylic acids is 1. The fourth-order valence-electron chi connectivity index (χ4n) is 3.80. The van der Waals surface area contributed by atoms with E-state index in [9.17, 15) is 9.90 Å². The highest BCUT2D eigenvalue weighted by Crippen LogP contribution is 2.37. The number of nitrogens with zero attached hydrogens (tertiary/aromatic N) is 1. The van der Waals surface area contributed by atoms with E-state index in [0.29, 0.717) is 34.3 Å². The number of methoxy groups -OCH3 is 1. The molecule has 4 aromatic rings. The molecule has 0 saturated carbocycles. The van der Waals surface area contributed by atoms with Gasteiger partial charge in [-0.05, 0) is 42.8 Å². The van der Waals surface area contributed by atoms with Crippen LogP contribution in [-0.2, 0) is 4.79 Å². The summed E-state index contributed by atoms with van der Waals surface area (Å²) in [5, 5.41) is 13.7. The molecule has 0 spiro atoms. The molecule has 0 bridgehead atoms. The van der Waals surface area contributed by atoms with Crippen LogP contribution in [0.3, 0.4) is 0 Å². The van der Waals surface area contributed by atoms with Crippen molar-refractivity contribution in [3.8, 4) is 34.2 Å². The quantitative estimate of drug-likeness (QED) is 0.289. The molecule has 4 rings (SSSR count). The van der Waals surface area contributed by atoms with E-state index in [1.54, 1.807) is 19.2 Å². The summed E-state index contributed by atoms with van der Waals surface area (Å²) in [6.07, 6.45) is 1.28. The molecule has 1 heterocycles. The summed E-state index contributed by atoms with van der Waals surface area (Å²) in [5.74, 6) is 0.359. The van der Waals surface area contributed by atoms with E-state index in [0.717, 1.165) is 17.5 Å². The van der Waals surface area contributed by atoms with Crippen molar-refractivity contribution in [2.75, 3.05) is 12.4 Å². The number of halogens is 1. The molecular weight excluding hydrogens is 452 g/mol. The van der Waals surface area contributed by atoms with Crippen molar-refractivity contribution in [3.63, 3.8) is 0 Å². The van der Waals surface area contributed by atoms with Crippen LogP contribution < -0.4 is 10.1 Å². The van der Waals surface area contributed by atoms with Crippen molar-refractivity contribution in [2.45, 2.75) is 25.7 Å². The normalized spacial score (nSPS) is 11.7. The van der Waals surface area contributed by atoms with Crippen LogP contribution in [0.4, 0.5) is 5.88 Å². The fourth-order valence-corrected chi connectivity index (χ4v) is 3.97. The Hall–Kier alpha value is -3.77. The van der Waals surface area contributed by atoms with Gasteiger partial charge in [0, 0.05) is 21.7 Å². The molecular formula is C27H25ClN2O4.